The SMILES string of the molecule is O=c1[nH]c(-c2ccc(Cl)c(Cl)c2)nc2c1COCC2. The minimum absolute atomic E-state index is 0.161. The lowest BCUT2D eigenvalue weighted by atomic mass is 10.1. The number of hydrogen-bond donors (Lipinski definition) is 1. The van der Waals surface area contributed by atoms with Crippen LogP contribution in [0.4, 0.5) is 0 Å². The van der Waals surface area contributed by atoms with Crippen molar-refractivity contribution in [3.05, 3.63) is 49.9 Å². The molecule has 0 radical (unpaired) electrons. The van der Waals surface area contributed by atoms with E-state index in [1.807, 2.05) is 0 Å². The number of aromatic nitrogens is 2. The van der Waals surface area contributed by atoms with Gasteiger partial charge < -0.3 is 9.72 Å². The Bertz CT molecular complexity index is 698. The molecule has 1 N–H and O–H groups in total. The first kappa shape index (κ1) is 12.7. The van der Waals surface area contributed by atoms with Crippen LogP contribution in [-0.2, 0) is 17.8 Å². The van der Waals surface area contributed by atoms with Gasteiger partial charge in [-0.1, -0.05) is 23.2 Å². The van der Waals surface area contributed by atoms with E-state index in [0.717, 1.165) is 11.3 Å². The fraction of sp³-hybridized carbons (Fsp3) is 0.231. The first-order valence-corrected chi connectivity index (χ1v) is 6.56. The maximum atomic E-state index is 12.0. The molecule has 1 aliphatic heterocycles. The van der Waals surface area contributed by atoms with E-state index in [2.05, 4.69) is 9.97 Å². The molecule has 1 aliphatic rings. The minimum Gasteiger partial charge on any atom is -0.376 e. The van der Waals surface area contributed by atoms with Gasteiger partial charge in [-0.15, -0.1) is 0 Å². The molecule has 0 atom stereocenters. The van der Waals surface area contributed by atoms with Crippen LogP contribution in [0.5, 0.6) is 0 Å². The second-order valence-electron chi connectivity index (χ2n) is 4.27. The Kier molecular flexibility index (Phi) is 3.31. The summed E-state index contributed by atoms with van der Waals surface area (Å²) in [5.74, 6) is 0.504. The highest BCUT2D eigenvalue weighted by molar-refractivity contribution is 6.42. The number of halogens is 2. The number of ether oxygens (including phenoxy) is 1. The summed E-state index contributed by atoms with van der Waals surface area (Å²) >= 11 is 11.8. The molecule has 0 bridgehead atoms. The summed E-state index contributed by atoms with van der Waals surface area (Å²) in [4.78, 5) is 19.2. The van der Waals surface area contributed by atoms with Crippen LogP contribution in [0.25, 0.3) is 11.4 Å². The average molecular weight is 297 g/mol. The topological polar surface area (TPSA) is 55.0 Å². The van der Waals surface area contributed by atoms with Crippen molar-refractivity contribution in [2.45, 2.75) is 13.0 Å². The Morgan fingerprint density at radius 1 is 1.26 bits per heavy atom. The molecule has 0 fully saturated rings. The third-order valence-corrected chi connectivity index (χ3v) is 3.76. The Balaban J connectivity index is 2.12. The number of fused-ring (bicyclic) bond motifs is 1. The van der Waals surface area contributed by atoms with Crippen molar-refractivity contribution < 1.29 is 4.74 Å². The lowest BCUT2D eigenvalue weighted by molar-refractivity contribution is 0.108. The molecule has 0 unspecified atom stereocenters. The van der Waals surface area contributed by atoms with Crippen LogP contribution < -0.4 is 5.56 Å². The van der Waals surface area contributed by atoms with Crippen LogP contribution in [0, 0.1) is 0 Å². The third-order valence-electron chi connectivity index (χ3n) is 3.02. The molecule has 1 aromatic heterocycles. The molecule has 1 aromatic carbocycles. The second kappa shape index (κ2) is 4.96. The first-order valence-electron chi connectivity index (χ1n) is 5.80. The van der Waals surface area contributed by atoms with Crippen molar-refractivity contribution in [2.24, 2.45) is 0 Å². The molecule has 0 saturated heterocycles. The van der Waals surface area contributed by atoms with E-state index >= 15 is 0 Å². The van der Waals surface area contributed by atoms with Crippen LogP contribution in [0.1, 0.15) is 11.3 Å². The summed E-state index contributed by atoms with van der Waals surface area (Å²) in [6.07, 6.45) is 0.646. The van der Waals surface area contributed by atoms with E-state index in [-0.39, 0.29) is 5.56 Å². The molecule has 2 heterocycles. The highest BCUT2D eigenvalue weighted by Gasteiger charge is 2.16. The number of nitrogens with zero attached hydrogens (tertiary/aromatic N) is 1. The summed E-state index contributed by atoms with van der Waals surface area (Å²) < 4.78 is 5.26. The molecule has 3 rings (SSSR count). The molecule has 4 nitrogen and oxygen atoms in total. The lowest BCUT2D eigenvalue weighted by Gasteiger charge is -2.15. The summed E-state index contributed by atoms with van der Waals surface area (Å²) in [5, 5.41) is 0.905. The normalized spacial score (nSPS) is 14.2. The van der Waals surface area contributed by atoms with Gasteiger partial charge in [0.2, 0.25) is 0 Å². The molecule has 19 heavy (non-hydrogen) atoms. The lowest BCUT2D eigenvalue weighted by Crippen LogP contribution is -2.24. The molecule has 0 aliphatic carbocycles. The highest BCUT2D eigenvalue weighted by atomic mass is 35.5. The van der Waals surface area contributed by atoms with E-state index in [9.17, 15) is 4.79 Å². The zero-order valence-corrected chi connectivity index (χ0v) is 11.4. The van der Waals surface area contributed by atoms with Gasteiger partial charge in [0.05, 0.1) is 34.5 Å². The fourth-order valence-electron chi connectivity index (χ4n) is 2.02. The largest absolute Gasteiger partial charge is 0.376 e. The minimum atomic E-state index is -0.161. The van der Waals surface area contributed by atoms with Gasteiger partial charge in [-0.2, -0.15) is 0 Å². The van der Waals surface area contributed by atoms with E-state index in [4.69, 9.17) is 27.9 Å². The van der Waals surface area contributed by atoms with Gasteiger partial charge in [0.25, 0.3) is 5.56 Å². The summed E-state index contributed by atoms with van der Waals surface area (Å²) in [6, 6.07) is 5.15. The predicted molar refractivity (Wildman–Crippen MR) is 73.7 cm³/mol. The Labute approximate surface area is 119 Å². The Morgan fingerprint density at radius 3 is 2.89 bits per heavy atom. The maximum Gasteiger partial charge on any atom is 0.256 e. The molecule has 0 saturated carbocycles. The number of nitrogens with one attached hydrogen (secondary N) is 1. The third kappa shape index (κ3) is 2.39. The summed E-state index contributed by atoms with van der Waals surface area (Å²) in [5.41, 5.74) is 1.97. The number of benzene rings is 1. The highest BCUT2D eigenvalue weighted by Crippen LogP contribution is 2.27. The van der Waals surface area contributed by atoms with Crippen molar-refractivity contribution in [1.29, 1.82) is 0 Å². The molecule has 2 aromatic rings. The van der Waals surface area contributed by atoms with E-state index in [1.165, 1.54) is 0 Å². The van der Waals surface area contributed by atoms with E-state index in [1.54, 1.807) is 18.2 Å². The number of rotatable bonds is 1. The average Bonchev–Trinajstić information content (AvgIpc) is 2.42. The van der Waals surface area contributed by atoms with E-state index in [0.29, 0.717) is 41.1 Å². The zero-order chi connectivity index (χ0) is 13.4. The van der Waals surface area contributed by atoms with Crippen LogP contribution in [-0.4, -0.2) is 16.6 Å². The van der Waals surface area contributed by atoms with Crippen molar-refractivity contribution in [3.63, 3.8) is 0 Å². The van der Waals surface area contributed by atoms with Crippen LogP contribution >= 0.6 is 23.2 Å². The second-order valence-corrected chi connectivity index (χ2v) is 5.09. The van der Waals surface area contributed by atoms with Crippen LogP contribution in [0.15, 0.2) is 23.0 Å². The quantitative estimate of drug-likeness (QED) is 0.880. The summed E-state index contributed by atoms with van der Waals surface area (Å²) in [7, 11) is 0. The number of H-pyrrole nitrogens is 1. The zero-order valence-electron chi connectivity index (χ0n) is 9.87. The van der Waals surface area contributed by atoms with Gasteiger partial charge in [-0.05, 0) is 18.2 Å². The molecular weight excluding hydrogens is 287 g/mol. The van der Waals surface area contributed by atoms with Crippen LogP contribution in [0.3, 0.4) is 0 Å². The smallest absolute Gasteiger partial charge is 0.256 e. The fourth-order valence-corrected chi connectivity index (χ4v) is 2.32. The molecular formula is C13H10Cl2N2O2. The molecule has 0 spiro atoms. The number of aromatic amines is 1. The molecule has 98 valence electrons. The van der Waals surface area contributed by atoms with Gasteiger partial charge in [-0.3, -0.25) is 4.79 Å². The molecule has 0 amide bonds. The van der Waals surface area contributed by atoms with Gasteiger partial charge in [0.1, 0.15) is 5.82 Å². The predicted octanol–water partition coefficient (Wildman–Crippen LogP) is 2.82. The molecule has 6 heteroatoms. The van der Waals surface area contributed by atoms with Crippen molar-refractivity contribution in [2.75, 3.05) is 6.61 Å². The van der Waals surface area contributed by atoms with Crippen molar-refractivity contribution >= 4 is 23.2 Å². The van der Waals surface area contributed by atoms with Gasteiger partial charge in [0, 0.05) is 12.0 Å². The van der Waals surface area contributed by atoms with Crippen molar-refractivity contribution in [1.82, 2.24) is 9.97 Å². The van der Waals surface area contributed by atoms with Gasteiger partial charge in [0.15, 0.2) is 0 Å². The van der Waals surface area contributed by atoms with Gasteiger partial charge >= 0.3 is 0 Å². The van der Waals surface area contributed by atoms with E-state index < -0.39 is 0 Å². The van der Waals surface area contributed by atoms with Crippen molar-refractivity contribution in [3.8, 4) is 11.4 Å². The number of hydrogen-bond acceptors (Lipinski definition) is 3. The summed E-state index contributed by atoms with van der Waals surface area (Å²) in [6.45, 7) is 0.906. The first-order chi connectivity index (χ1) is 9.15. The van der Waals surface area contributed by atoms with Gasteiger partial charge in [-0.25, -0.2) is 4.98 Å². The Morgan fingerprint density at radius 2 is 2.11 bits per heavy atom. The monoisotopic (exact) mass is 296 g/mol. The van der Waals surface area contributed by atoms with Crippen LogP contribution in [0.2, 0.25) is 10.0 Å². The Hall–Kier alpha value is -1.36. The maximum absolute atomic E-state index is 12.0. The standard InChI is InChI=1S/C13H10Cl2N2O2/c14-9-2-1-7(5-10(9)15)12-16-11-3-4-19-6-8(11)13(18)17-12/h1-2,5H,3-4,6H2,(H,16,17,18).